The summed E-state index contributed by atoms with van der Waals surface area (Å²) in [5.74, 6) is -0.681. The van der Waals surface area contributed by atoms with Gasteiger partial charge in [0.2, 0.25) is 10.0 Å². The van der Waals surface area contributed by atoms with Gasteiger partial charge in [-0.1, -0.05) is 6.07 Å². The number of amides is 1. The highest BCUT2D eigenvalue weighted by Crippen LogP contribution is 2.21. The zero-order valence-electron chi connectivity index (χ0n) is 15.2. The van der Waals surface area contributed by atoms with Crippen molar-refractivity contribution in [2.75, 3.05) is 5.32 Å². The van der Waals surface area contributed by atoms with Crippen LogP contribution < -0.4 is 10.0 Å². The fraction of sp³-hybridized carbons (Fsp3) is 0.353. The summed E-state index contributed by atoms with van der Waals surface area (Å²) in [5.41, 5.74) is 0.477. The van der Waals surface area contributed by atoms with Crippen LogP contribution in [0.2, 0.25) is 0 Å². The van der Waals surface area contributed by atoms with E-state index in [1.165, 1.54) is 19.1 Å². The lowest BCUT2D eigenvalue weighted by atomic mass is 10.1. The van der Waals surface area contributed by atoms with E-state index in [1.807, 2.05) is 0 Å². The van der Waals surface area contributed by atoms with Gasteiger partial charge in [-0.2, -0.15) is 0 Å². The number of aromatic nitrogens is 1. The van der Waals surface area contributed by atoms with Gasteiger partial charge < -0.3 is 0 Å². The molecule has 9 heteroatoms. The second kappa shape index (κ2) is 7.26. The molecule has 1 aromatic carbocycles. The smallest absolute Gasteiger partial charge is 0.257 e. The first kappa shape index (κ1) is 20.2. The summed E-state index contributed by atoms with van der Waals surface area (Å²) < 4.78 is 27.5. The van der Waals surface area contributed by atoms with Crippen molar-refractivity contribution in [3.63, 3.8) is 0 Å². The number of Topliss-reactive ketones (excluding diaryl/α,β-unsaturated/α-hetero) is 1. The Morgan fingerprint density at radius 3 is 2.38 bits per heavy atom. The van der Waals surface area contributed by atoms with Crippen LogP contribution in [0.15, 0.2) is 28.5 Å². The number of nitrogens with one attached hydrogen (secondary N) is 2. The van der Waals surface area contributed by atoms with Crippen molar-refractivity contribution >= 4 is 38.2 Å². The summed E-state index contributed by atoms with van der Waals surface area (Å²) in [4.78, 5) is 27.9. The number of benzene rings is 1. The van der Waals surface area contributed by atoms with Crippen molar-refractivity contribution in [1.82, 2.24) is 9.71 Å². The summed E-state index contributed by atoms with van der Waals surface area (Å²) in [6.45, 7) is 8.32. The van der Waals surface area contributed by atoms with E-state index in [1.54, 1.807) is 39.1 Å². The monoisotopic (exact) mass is 395 g/mol. The van der Waals surface area contributed by atoms with Crippen LogP contribution in [0, 0.1) is 6.92 Å². The number of ketones is 1. The molecule has 7 nitrogen and oxygen atoms in total. The number of carbonyl (C=O) groups is 2. The molecule has 1 aromatic heterocycles. The fourth-order valence-corrected chi connectivity index (χ4v) is 4.32. The Balaban J connectivity index is 2.31. The highest BCUT2D eigenvalue weighted by molar-refractivity contribution is 7.89. The van der Waals surface area contributed by atoms with Gasteiger partial charge in [-0.05, 0) is 45.4 Å². The highest BCUT2D eigenvalue weighted by atomic mass is 32.2. The van der Waals surface area contributed by atoms with Crippen LogP contribution in [-0.4, -0.2) is 30.6 Å². The Hall–Kier alpha value is -2.10. The minimum Gasteiger partial charge on any atom is -0.298 e. The Morgan fingerprint density at radius 1 is 1.19 bits per heavy atom. The van der Waals surface area contributed by atoms with E-state index in [-0.39, 0.29) is 27.1 Å². The third-order valence-electron chi connectivity index (χ3n) is 3.29. The first-order chi connectivity index (χ1) is 11.9. The van der Waals surface area contributed by atoms with Crippen molar-refractivity contribution in [2.45, 2.75) is 45.1 Å². The lowest BCUT2D eigenvalue weighted by Gasteiger charge is -2.20. The number of aryl methyl sites for hydroxylation is 1. The van der Waals surface area contributed by atoms with Gasteiger partial charge in [0.15, 0.2) is 10.9 Å². The molecule has 0 aliphatic carbocycles. The molecule has 0 radical (unpaired) electrons. The van der Waals surface area contributed by atoms with Crippen molar-refractivity contribution in [2.24, 2.45) is 0 Å². The van der Waals surface area contributed by atoms with Crippen molar-refractivity contribution in [1.29, 1.82) is 0 Å². The number of carbonyl (C=O) groups excluding carboxylic acids is 2. The average Bonchev–Trinajstić information content (AvgIpc) is 2.93. The molecule has 0 spiro atoms. The molecule has 1 amide bonds. The lowest BCUT2D eigenvalue weighted by Crippen LogP contribution is -2.40. The predicted molar refractivity (Wildman–Crippen MR) is 101 cm³/mol. The Bertz CT molecular complexity index is 957. The van der Waals surface area contributed by atoms with Crippen LogP contribution >= 0.6 is 11.3 Å². The van der Waals surface area contributed by atoms with Gasteiger partial charge in [0, 0.05) is 23.4 Å². The molecule has 0 aliphatic rings. The largest absolute Gasteiger partial charge is 0.298 e. The molecule has 140 valence electrons. The summed E-state index contributed by atoms with van der Waals surface area (Å²) in [5, 5.41) is 4.44. The maximum Gasteiger partial charge on any atom is 0.257 e. The quantitative estimate of drug-likeness (QED) is 0.757. The van der Waals surface area contributed by atoms with E-state index in [4.69, 9.17) is 0 Å². The number of hydrogen-bond acceptors (Lipinski definition) is 6. The van der Waals surface area contributed by atoms with Gasteiger partial charge in [0.25, 0.3) is 5.91 Å². The molecule has 0 saturated heterocycles. The van der Waals surface area contributed by atoms with Crippen LogP contribution in [0.3, 0.4) is 0 Å². The zero-order chi connectivity index (χ0) is 19.7. The summed E-state index contributed by atoms with van der Waals surface area (Å²) in [6, 6.07) is 4.37. The molecule has 2 N–H and O–H groups in total. The van der Waals surface area contributed by atoms with Crippen LogP contribution in [0.4, 0.5) is 5.13 Å². The molecule has 0 bridgehead atoms. The van der Waals surface area contributed by atoms with Crippen LogP contribution in [0.5, 0.6) is 0 Å². The summed E-state index contributed by atoms with van der Waals surface area (Å²) in [7, 11) is -3.76. The maximum absolute atomic E-state index is 12.5. The van der Waals surface area contributed by atoms with Gasteiger partial charge in [0.1, 0.15) is 5.69 Å². The van der Waals surface area contributed by atoms with Gasteiger partial charge >= 0.3 is 0 Å². The maximum atomic E-state index is 12.5. The van der Waals surface area contributed by atoms with Gasteiger partial charge in [-0.25, -0.2) is 18.1 Å². The van der Waals surface area contributed by atoms with Crippen LogP contribution in [0.25, 0.3) is 0 Å². The lowest BCUT2D eigenvalue weighted by molar-refractivity contribution is 0.100. The van der Waals surface area contributed by atoms with Crippen molar-refractivity contribution < 1.29 is 18.0 Å². The van der Waals surface area contributed by atoms with Gasteiger partial charge in [0.05, 0.1) is 4.90 Å². The first-order valence-electron chi connectivity index (χ1n) is 7.81. The average molecular weight is 396 g/mol. The van der Waals surface area contributed by atoms with Gasteiger partial charge in [-0.15, -0.1) is 11.3 Å². The molecule has 0 unspecified atom stereocenters. The molecule has 26 heavy (non-hydrogen) atoms. The van der Waals surface area contributed by atoms with Crippen LogP contribution in [0.1, 0.15) is 54.1 Å². The molecule has 0 fully saturated rings. The molecule has 0 saturated carbocycles. The topological polar surface area (TPSA) is 105 Å². The summed E-state index contributed by atoms with van der Waals surface area (Å²) in [6.07, 6.45) is 0. The number of nitrogens with zero attached hydrogens (tertiary/aromatic N) is 1. The second-order valence-electron chi connectivity index (χ2n) is 6.88. The normalized spacial score (nSPS) is 12.0. The second-order valence-corrected chi connectivity index (χ2v) is 9.42. The Morgan fingerprint density at radius 2 is 1.85 bits per heavy atom. The van der Waals surface area contributed by atoms with E-state index in [9.17, 15) is 18.0 Å². The zero-order valence-corrected chi connectivity index (χ0v) is 16.8. The third-order valence-corrected chi connectivity index (χ3v) is 5.80. The van der Waals surface area contributed by atoms with E-state index in [0.717, 1.165) is 11.3 Å². The van der Waals surface area contributed by atoms with E-state index in [0.29, 0.717) is 5.56 Å². The fourth-order valence-electron chi connectivity index (χ4n) is 2.13. The number of rotatable bonds is 5. The van der Waals surface area contributed by atoms with E-state index in [2.05, 4.69) is 15.0 Å². The number of anilines is 1. The Labute approximate surface area is 156 Å². The van der Waals surface area contributed by atoms with Gasteiger partial charge in [-0.3, -0.25) is 14.9 Å². The van der Waals surface area contributed by atoms with E-state index < -0.39 is 21.5 Å². The predicted octanol–water partition coefficient (Wildman–Crippen LogP) is 2.98. The molecule has 0 atom stereocenters. The van der Waals surface area contributed by atoms with E-state index >= 15 is 0 Å². The standard InChI is InChI=1S/C17H21N3O4S2/c1-10-6-7-12(26(23,24)20-17(3,4)5)8-13(10)15(22)19-16-18-14(9-25-16)11(2)21/h6-9,20H,1-5H3,(H,18,19,22). The number of hydrogen-bond donors (Lipinski definition) is 2. The third kappa shape index (κ3) is 4.96. The highest BCUT2D eigenvalue weighted by Gasteiger charge is 2.23. The molecular weight excluding hydrogens is 374 g/mol. The SMILES string of the molecule is CC(=O)c1csc(NC(=O)c2cc(S(=O)(=O)NC(C)(C)C)ccc2C)n1. The van der Waals surface area contributed by atoms with Crippen molar-refractivity contribution in [3.05, 3.63) is 40.4 Å². The number of thiazole rings is 1. The molecule has 2 aromatic rings. The summed E-state index contributed by atoms with van der Waals surface area (Å²) >= 11 is 1.13. The molecular formula is C17H21N3O4S2. The molecule has 2 rings (SSSR count). The minimum atomic E-state index is -3.76. The van der Waals surface area contributed by atoms with Crippen molar-refractivity contribution in [3.8, 4) is 0 Å². The molecule has 0 aliphatic heterocycles. The molecule has 1 heterocycles. The minimum absolute atomic E-state index is 0.00624. The number of sulfonamides is 1. The van der Waals surface area contributed by atoms with Crippen LogP contribution in [-0.2, 0) is 10.0 Å². The Kier molecular flexibility index (Phi) is 5.64. The first-order valence-corrected chi connectivity index (χ1v) is 10.2.